The Bertz CT molecular complexity index is 5370. The van der Waals surface area contributed by atoms with Crippen LogP contribution in [0.1, 0.15) is 27.8 Å². The van der Waals surface area contributed by atoms with Crippen molar-refractivity contribution >= 4 is 43.6 Å². The Kier molecular flexibility index (Phi) is 13.7. The van der Waals surface area contributed by atoms with Crippen LogP contribution in [-0.4, -0.2) is 24.1 Å². The predicted octanol–water partition coefficient (Wildman–Crippen LogP) is 22.2. The topological polar surface area (TPSA) is 72.3 Å². The van der Waals surface area contributed by atoms with E-state index in [1.165, 1.54) is 44.5 Å². The summed E-state index contributed by atoms with van der Waals surface area (Å²) in [6, 6.07) is 107. The fourth-order valence-electron chi connectivity index (χ4n) is 13.7. The van der Waals surface area contributed by atoms with E-state index >= 15 is 0 Å². The van der Waals surface area contributed by atoms with E-state index in [-0.39, 0.29) is 0 Å². The van der Waals surface area contributed by atoms with Gasteiger partial charge in [-0.1, -0.05) is 206 Å². The Labute approximate surface area is 535 Å². The molecule has 0 amide bonds. The van der Waals surface area contributed by atoms with Crippen LogP contribution >= 0.6 is 0 Å². The van der Waals surface area contributed by atoms with E-state index in [9.17, 15) is 5.26 Å². The molecule has 92 heavy (non-hydrogen) atoms. The molecule has 3 aromatic heterocycles. The monoisotopic (exact) mass is 1180 g/mol. The molecular weight excluding hydrogens is 1120 g/mol. The standard InChI is InChI=1S/C86H60N6/c1-54-19-11-15-27-68(54)63-36-42-79-73(48-63)74-49-64(69-28-16-12-20-55(69)2)37-43-80(74)91(79)78-41-35-62(59-33-31-58(53-87)32-34-59)47-72(78)67-40-46-83(77(52-67)86-89-84(60-23-7-5-8-24-60)88-85(90-86)61-25-9-6-10-26-61)92-81-44-38-65(70-29-17-13-21-56(70)3)50-75(81)76-51-66(39-45-82(76)92)71-30-18-14-22-57(71)4/h5-52H,1-4H3. The molecule has 0 fully saturated rings. The van der Waals surface area contributed by atoms with E-state index in [1.54, 1.807) is 0 Å². The number of aryl methyl sites for hydroxylation is 4. The summed E-state index contributed by atoms with van der Waals surface area (Å²) in [6.07, 6.45) is 0. The summed E-state index contributed by atoms with van der Waals surface area (Å²) in [4.78, 5) is 16.3. The van der Waals surface area contributed by atoms with Crippen molar-refractivity contribution in [2.24, 2.45) is 0 Å². The molecule has 16 rings (SSSR count). The van der Waals surface area contributed by atoms with Crippen LogP contribution in [0.25, 0.3) is 156 Å². The third kappa shape index (κ3) is 9.72. The maximum atomic E-state index is 9.96. The minimum absolute atomic E-state index is 0.534. The molecule has 13 aromatic carbocycles. The molecule has 0 unspecified atom stereocenters. The van der Waals surface area contributed by atoms with Crippen molar-refractivity contribution in [3.05, 3.63) is 319 Å². The maximum absolute atomic E-state index is 9.96. The van der Waals surface area contributed by atoms with Gasteiger partial charge in [0, 0.05) is 43.8 Å². The van der Waals surface area contributed by atoms with Crippen LogP contribution in [0.3, 0.4) is 0 Å². The summed E-state index contributed by atoms with van der Waals surface area (Å²) in [5, 5.41) is 14.5. The van der Waals surface area contributed by atoms with Gasteiger partial charge in [0.05, 0.1) is 45.1 Å². The van der Waals surface area contributed by atoms with Gasteiger partial charge in [0.25, 0.3) is 0 Å². The van der Waals surface area contributed by atoms with Crippen molar-refractivity contribution in [1.82, 2.24) is 24.1 Å². The highest BCUT2D eigenvalue weighted by Gasteiger charge is 2.25. The average Bonchev–Trinajstić information content (AvgIpc) is 1.54. The van der Waals surface area contributed by atoms with Gasteiger partial charge in [-0.2, -0.15) is 5.26 Å². The third-order valence-electron chi connectivity index (χ3n) is 18.4. The van der Waals surface area contributed by atoms with Crippen molar-refractivity contribution in [3.63, 3.8) is 0 Å². The number of hydrogen-bond donors (Lipinski definition) is 0. The SMILES string of the molecule is Cc1ccccc1-c1ccc2c(c1)c1cc(-c3ccccc3C)ccc1n2-c1ccc(-c2ccc(C#N)cc2)cc1-c1ccc(-n2c3ccc(-c4ccccc4C)cc3c3cc(-c4ccccc4C)ccc32)c(-c2nc(-c3ccccc3)nc(-c3ccccc3)n2)c1. The number of hydrogen-bond acceptors (Lipinski definition) is 4. The van der Waals surface area contributed by atoms with Gasteiger partial charge >= 0.3 is 0 Å². The number of nitriles is 1. The lowest BCUT2D eigenvalue weighted by Gasteiger charge is -2.19. The van der Waals surface area contributed by atoms with Crippen LogP contribution in [0.15, 0.2) is 291 Å². The summed E-state index contributed by atoms with van der Waals surface area (Å²) < 4.78 is 4.87. The van der Waals surface area contributed by atoms with E-state index in [4.69, 9.17) is 15.0 Å². The van der Waals surface area contributed by atoms with Crippen molar-refractivity contribution in [2.75, 3.05) is 0 Å². The highest BCUT2D eigenvalue weighted by Crippen LogP contribution is 2.46. The molecule has 0 atom stereocenters. The largest absolute Gasteiger partial charge is 0.309 e. The first-order chi connectivity index (χ1) is 45.2. The summed E-state index contributed by atoms with van der Waals surface area (Å²) >= 11 is 0. The van der Waals surface area contributed by atoms with Crippen LogP contribution in [0.2, 0.25) is 0 Å². The molecule has 16 aromatic rings. The second-order valence-corrected chi connectivity index (χ2v) is 24.0. The minimum Gasteiger partial charge on any atom is -0.309 e. The molecule has 6 nitrogen and oxygen atoms in total. The molecule has 0 aliphatic rings. The van der Waals surface area contributed by atoms with Crippen LogP contribution in [0.5, 0.6) is 0 Å². The zero-order valence-corrected chi connectivity index (χ0v) is 51.4. The van der Waals surface area contributed by atoms with Gasteiger partial charge in [-0.05, 0) is 196 Å². The molecule has 0 aliphatic heterocycles. The Morgan fingerprint density at radius 3 is 0.935 bits per heavy atom. The first-order valence-electron chi connectivity index (χ1n) is 31.3. The lowest BCUT2D eigenvalue weighted by atomic mass is 9.94. The van der Waals surface area contributed by atoms with Gasteiger partial charge in [-0.25, -0.2) is 15.0 Å². The summed E-state index contributed by atoms with van der Waals surface area (Å²) in [7, 11) is 0. The lowest BCUT2D eigenvalue weighted by molar-refractivity contribution is 1.06. The fraction of sp³-hybridized carbons (Fsp3) is 0.0465. The van der Waals surface area contributed by atoms with Crippen molar-refractivity contribution in [2.45, 2.75) is 27.7 Å². The normalized spacial score (nSPS) is 11.5. The van der Waals surface area contributed by atoms with E-state index in [2.05, 4.69) is 273 Å². The molecule has 0 radical (unpaired) electrons. The maximum Gasteiger partial charge on any atom is 0.166 e. The van der Waals surface area contributed by atoms with Crippen LogP contribution in [0.4, 0.5) is 0 Å². The van der Waals surface area contributed by atoms with Gasteiger partial charge in [-0.15, -0.1) is 0 Å². The Hall–Kier alpha value is -12.0. The number of rotatable bonds is 11. The zero-order chi connectivity index (χ0) is 62.0. The summed E-state index contributed by atoms with van der Waals surface area (Å²) in [5.41, 5.74) is 27.7. The first-order valence-corrected chi connectivity index (χ1v) is 31.3. The molecule has 0 saturated carbocycles. The van der Waals surface area contributed by atoms with E-state index in [1.807, 2.05) is 60.7 Å². The number of nitrogens with zero attached hydrogens (tertiary/aromatic N) is 6. The second kappa shape index (κ2) is 22.8. The highest BCUT2D eigenvalue weighted by molar-refractivity contribution is 6.14. The summed E-state index contributed by atoms with van der Waals surface area (Å²) in [6.45, 7) is 8.75. The molecule has 6 heteroatoms. The van der Waals surface area contributed by atoms with Crippen LogP contribution in [-0.2, 0) is 0 Å². The average molecular weight is 1180 g/mol. The van der Waals surface area contributed by atoms with Crippen LogP contribution in [0, 0.1) is 39.0 Å². The minimum atomic E-state index is 0.534. The Morgan fingerprint density at radius 1 is 0.250 bits per heavy atom. The van der Waals surface area contributed by atoms with Crippen molar-refractivity contribution < 1.29 is 0 Å². The van der Waals surface area contributed by atoms with Crippen LogP contribution < -0.4 is 0 Å². The predicted molar refractivity (Wildman–Crippen MR) is 381 cm³/mol. The van der Waals surface area contributed by atoms with E-state index in [0.717, 1.165) is 116 Å². The molecular formula is C86H60N6. The lowest BCUT2D eigenvalue weighted by Crippen LogP contribution is -2.04. The van der Waals surface area contributed by atoms with Crippen molar-refractivity contribution in [3.8, 4) is 118 Å². The van der Waals surface area contributed by atoms with Gasteiger partial charge in [0.15, 0.2) is 17.5 Å². The summed E-state index contributed by atoms with van der Waals surface area (Å²) in [5.74, 6) is 1.68. The quantitative estimate of drug-likeness (QED) is 0.129. The van der Waals surface area contributed by atoms with Gasteiger partial charge in [0.1, 0.15) is 0 Å². The van der Waals surface area contributed by atoms with Gasteiger partial charge in [0.2, 0.25) is 0 Å². The number of benzene rings is 13. The molecule has 0 bridgehead atoms. The molecule has 3 heterocycles. The van der Waals surface area contributed by atoms with Gasteiger partial charge in [-0.3, -0.25) is 0 Å². The van der Waals surface area contributed by atoms with Gasteiger partial charge < -0.3 is 9.13 Å². The highest BCUT2D eigenvalue weighted by atomic mass is 15.1. The molecule has 0 N–H and O–H groups in total. The number of fused-ring (bicyclic) bond motifs is 6. The molecule has 0 aliphatic carbocycles. The smallest absolute Gasteiger partial charge is 0.166 e. The Morgan fingerprint density at radius 2 is 0.554 bits per heavy atom. The number of aromatic nitrogens is 5. The third-order valence-corrected chi connectivity index (χ3v) is 18.4. The fourth-order valence-corrected chi connectivity index (χ4v) is 13.7. The zero-order valence-electron chi connectivity index (χ0n) is 51.4. The van der Waals surface area contributed by atoms with E-state index < -0.39 is 0 Å². The van der Waals surface area contributed by atoms with Crippen molar-refractivity contribution in [1.29, 1.82) is 5.26 Å². The first kappa shape index (κ1) is 55.3. The second-order valence-electron chi connectivity index (χ2n) is 24.0. The Balaban J connectivity index is 1.00. The van der Waals surface area contributed by atoms with E-state index in [0.29, 0.717) is 23.0 Å². The molecule has 434 valence electrons. The molecule has 0 saturated heterocycles. The molecule has 0 spiro atoms.